The molecule has 2 rings (SSSR count). The summed E-state index contributed by atoms with van der Waals surface area (Å²) in [7, 11) is 1.75. The molecule has 21 heavy (non-hydrogen) atoms. The Morgan fingerprint density at radius 1 is 1.38 bits per heavy atom. The number of nitrogens with zero attached hydrogens (tertiary/aromatic N) is 2. The summed E-state index contributed by atoms with van der Waals surface area (Å²) in [6.07, 6.45) is 1.84. The van der Waals surface area contributed by atoms with Crippen LogP contribution < -0.4 is 5.32 Å². The van der Waals surface area contributed by atoms with Crippen LogP contribution in [0.25, 0.3) is 0 Å². The van der Waals surface area contributed by atoms with Gasteiger partial charge in [-0.1, -0.05) is 20.8 Å². The highest BCUT2D eigenvalue weighted by Gasteiger charge is 2.31. The molecule has 2 atom stereocenters. The Labute approximate surface area is 124 Å². The van der Waals surface area contributed by atoms with Crippen molar-refractivity contribution >= 4 is 11.9 Å². The summed E-state index contributed by atoms with van der Waals surface area (Å²) >= 11 is 0. The van der Waals surface area contributed by atoms with E-state index in [1.165, 1.54) is 0 Å². The predicted molar refractivity (Wildman–Crippen MR) is 78.1 cm³/mol. The molecule has 0 bridgehead atoms. The van der Waals surface area contributed by atoms with Gasteiger partial charge in [0.05, 0.1) is 11.6 Å². The number of carbonyl (C=O) groups excluding carboxylic acids is 1. The van der Waals surface area contributed by atoms with Crippen molar-refractivity contribution in [3.05, 3.63) is 17.5 Å². The van der Waals surface area contributed by atoms with E-state index in [-0.39, 0.29) is 23.3 Å². The lowest BCUT2D eigenvalue weighted by atomic mass is 9.92. The van der Waals surface area contributed by atoms with Crippen molar-refractivity contribution in [1.29, 1.82) is 0 Å². The van der Waals surface area contributed by atoms with E-state index in [0.29, 0.717) is 25.0 Å². The second-order valence-corrected chi connectivity index (χ2v) is 6.81. The summed E-state index contributed by atoms with van der Waals surface area (Å²) in [6, 6.07) is 1.74. The van der Waals surface area contributed by atoms with Crippen LogP contribution in [0.4, 0.5) is 0 Å². The molecule has 1 aliphatic rings. The number of carbonyl (C=O) groups is 2. The second kappa shape index (κ2) is 5.50. The average Bonchev–Trinajstić information content (AvgIpc) is 2.94. The van der Waals surface area contributed by atoms with Gasteiger partial charge in [0.2, 0.25) is 0 Å². The van der Waals surface area contributed by atoms with Crippen molar-refractivity contribution in [3.63, 3.8) is 0 Å². The maximum atomic E-state index is 12.3. The van der Waals surface area contributed by atoms with Crippen LogP contribution in [0.2, 0.25) is 0 Å². The van der Waals surface area contributed by atoms with Crippen molar-refractivity contribution in [3.8, 4) is 0 Å². The van der Waals surface area contributed by atoms with E-state index in [0.717, 1.165) is 5.69 Å². The highest BCUT2D eigenvalue weighted by atomic mass is 16.4. The molecule has 0 saturated heterocycles. The van der Waals surface area contributed by atoms with Crippen LogP contribution in [0, 0.1) is 5.92 Å². The minimum Gasteiger partial charge on any atom is -0.481 e. The van der Waals surface area contributed by atoms with E-state index in [1.807, 2.05) is 20.8 Å². The van der Waals surface area contributed by atoms with Crippen LogP contribution in [-0.2, 0) is 17.3 Å². The van der Waals surface area contributed by atoms with Crippen molar-refractivity contribution in [2.45, 2.75) is 51.5 Å². The van der Waals surface area contributed by atoms with E-state index in [4.69, 9.17) is 5.11 Å². The smallest absolute Gasteiger partial charge is 0.306 e. The highest BCUT2D eigenvalue weighted by molar-refractivity contribution is 5.93. The van der Waals surface area contributed by atoms with Crippen LogP contribution >= 0.6 is 0 Å². The van der Waals surface area contributed by atoms with E-state index < -0.39 is 5.97 Å². The van der Waals surface area contributed by atoms with E-state index >= 15 is 0 Å². The number of hydrogen-bond acceptors (Lipinski definition) is 3. The van der Waals surface area contributed by atoms with Gasteiger partial charge in [0.25, 0.3) is 5.91 Å². The normalized spacial score (nSPS) is 22.3. The lowest BCUT2D eigenvalue weighted by Gasteiger charge is -2.13. The fraction of sp³-hybridized carbons (Fsp3) is 0.667. The monoisotopic (exact) mass is 293 g/mol. The molecule has 0 aliphatic heterocycles. The lowest BCUT2D eigenvalue weighted by Crippen LogP contribution is -2.34. The molecular formula is C15H23N3O3. The minimum absolute atomic E-state index is 0.0633. The maximum absolute atomic E-state index is 12.3. The van der Waals surface area contributed by atoms with E-state index in [2.05, 4.69) is 10.4 Å². The lowest BCUT2D eigenvalue weighted by molar-refractivity contribution is -0.141. The standard InChI is InChI=1S/C15H23N3O3/c1-15(2,3)12-8-11(18(4)17-12)13(19)16-10-6-5-9(7-10)14(20)21/h8-10H,5-7H2,1-4H3,(H,16,19)(H,20,21)/t9-,10+/m1/s1. The summed E-state index contributed by atoms with van der Waals surface area (Å²) in [4.78, 5) is 23.3. The zero-order valence-corrected chi connectivity index (χ0v) is 13.0. The fourth-order valence-electron chi connectivity index (χ4n) is 2.64. The fourth-order valence-corrected chi connectivity index (χ4v) is 2.64. The van der Waals surface area contributed by atoms with Crippen molar-refractivity contribution in [1.82, 2.24) is 15.1 Å². The summed E-state index contributed by atoms with van der Waals surface area (Å²) in [5.74, 6) is -1.30. The Bertz CT molecular complexity index is 557. The third-order valence-corrected chi connectivity index (χ3v) is 4.00. The first-order valence-electron chi connectivity index (χ1n) is 7.26. The van der Waals surface area contributed by atoms with Crippen LogP contribution in [0.5, 0.6) is 0 Å². The number of carboxylic acid groups (broad SMARTS) is 1. The van der Waals surface area contributed by atoms with Crippen LogP contribution in [0.15, 0.2) is 6.07 Å². The molecule has 1 heterocycles. The summed E-state index contributed by atoms with van der Waals surface area (Å²) in [5.41, 5.74) is 1.27. The first-order valence-corrected chi connectivity index (χ1v) is 7.26. The van der Waals surface area contributed by atoms with Gasteiger partial charge < -0.3 is 10.4 Å². The van der Waals surface area contributed by atoms with E-state index in [1.54, 1.807) is 17.8 Å². The van der Waals surface area contributed by atoms with Gasteiger partial charge in [-0.15, -0.1) is 0 Å². The molecule has 116 valence electrons. The molecule has 1 aromatic heterocycles. The number of amides is 1. The predicted octanol–water partition coefficient (Wildman–Crippen LogP) is 1.70. The van der Waals surface area contributed by atoms with Gasteiger partial charge in [0.15, 0.2) is 0 Å². The molecule has 6 nitrogen and oxygen atoms in total. The Balaban J connectivity index is 2.05. The molecule has 1 amide bonds. The first-order chi connectivity index (χ1) is 9.68. The summed E-state index contributed by atoms with van der Waals surface area (Å²) < 4.78 is 1.58. The molecule has 0 spiro atoms. The quantitative estimate of drug-likeness (QED) is 0.888. The molecule has 0 aromatic carbocycles. The van der Waals surface area contributed by atoms with Crippen LogP contribution in [0.1, 0.15) is 56.2 Å². The Hall–Kier alpha value is -1.85. The molecule has 6 heteroatoms. The Kier molecular flexibility index (Phi) is 4.07. The van der Waals surface area contributed by atoms with Gasteiger partial charge in [0.1, 0.15) is 5.69 Å². The first kappa shape index (κ1) is 15.5. The van der Waals surface area contributed by atoms with Gasteiger partial charge in [0, 0.05) is 18.5 Å². The topological polar surface area (TPSA) is 84.2 Å². The number of aromatic nitrogens is 2. The van der Waals surface area contributed by atoms with Crippen LogP contribution in [0.3, 0.4) is 0 Å². The molecule has 2 N–H and O–H groups in total. The van der Waals surface area contributed by atoms with E-state index in [9.17, 15) is 9.59 Å². The van der Waals surface area contributed by atoms with Gasteiger partial charge in [-0.25, -0.2) is 0 Å². The SMILES string of the molecule is Cn1nc(C(C)(C)C)cc1C(=O)N[C@H]1CC[C@@H](C(=O)O)C1. The molecule has 1 saturated carbocycles. The summed E-state index contributed by atoms with van der Waals surface area (Å²) in [5, 5.41) is 16.3. The number of hydrogen-bond donors (Lipinski definition) is 2. The van der Waals surface area contributed by atoms with Gasteiger partial charge >= 0.3 is 5.97 Å². The third-order valence-electron chi connectivity index (χ3n) is 4.00. The molecule has 1 aromatic rings. The van der Waals surface area contributed by atoms with Crippen molar-refractivity contribution < 1.29 is 14.7 Å². The molecule has 0 unspecified atom stereocenters. The zero-order valence-electron chi connectivity index (χ0n) is 13.0. The second-order valence-electron chi connectivity index (χ2n) is 6.81. The maximum Gasteiger partial charge on any atom is 0.306 e. The van der Waals surface area contributed by atoms with Crippen molar-refractivity contribution in [2.24, 2.45) is 13.0 Å². The van der Waals surface area contributed by atoms with Gasteiger partial charge in [-0.3, -0.25) is 14.3 Å². The molecule has 1 fully saturated rings. The number of aryl methyl sites for hydroxylation is 1. The van der Waals surface area contributed by atoms with Gasteiger partial charge in [-0.05, 0) is 25.3 Å². The molecule has 0 radical (unpaired) electrons. The highest BCUT2D eigenvalue weighted by Crippen LogP contribution is 2.26. The average molecular weight is 293 g/mol. The number of rotatable bonds is 3. The molecule has 1 aliphatic carbocycles. The van der Waals surface area contributed by atoms with Crippen LogP contribution in [-0.4, -0.2) is 32.8 Å². The Morgan fingerprint density at radius 2 is 2.05 bits per heavy atom. The minimum atomic E-state index is -0.776. The molecular weight excluding hydrogens is 270 g/mol. The third kappa shape index (κ3) is 3.43. The number of nitrogens with one attached hydrogen (secondary N) is 1. The zero-order chi connectivity index (χ0) is 15.8. The Morgan fingerprint density at radius 3 is 2.52 bits per heavy atom. The number of carboxylic acids is 1. The number of aliphatic carboxylic acids is 1. The van der Waals surface area contributed by atoms with Crippen molar-refractivity contribution in [2.75, 3.05) is 0 Å². The summed E-state index contributed by atoms with van der Waals surface area (Å²) in [6.45, 7) is 6.14. The van der Waals surface area contributed by atoms with Gasteiger partial charge in [-0.2, -0.15) is 5.10 Å². The largest absolute Gasteiger partial charge is 0.481 e.